The lowest BCUT2D eigenvalue weighted by molar-refractivity contribution is 0.122. The minimum atomic E-state index is 0.551. The molecular weight excluding hydrogens is 346 g/mol. The van der Waals surface area contributed by atoms with Crippen LogP contribution in [-0.2, 0) is 4.74 Å². The number of nitrogens with one attached hydrogen (secondary N) is 2. The smallest absolute Gasteiger partial charge is 0.215 e. The minimum absolute atomic E-state index is 0.551. The molecule has 3 heterocycles. The van der Waals surface area contributed by atoms with Gasteiger partial charge in [-0.1, -0.05) is 0 Å². The molecule has 0 aliphatic carbocycles. The number of rotatable bonds is 8. The van der Waals surface area contributed by atoms with Crippen LogP contribution in [0.25, 0.3) is 0 Å². The van der Waals surface area contributed by atoms with Gasteiger partial charge in [0.25, 0.3) is 0 Å². The predicted molar refractivity (Wildman–Crippen MR) is 106 cm³/mol. The monoisotopic (exact) mass is 373 g/mol. The molecule has 27 heavy (non-hydrogen) atoms. The van der Waals surface area contributed by atoms with E-state index in [9.17, 15) is 0 Å². The van der Waals surface area contributed by atoms with E-state index in [1.807, 2.05) is 39.1 Å². The summed E-state index contributed by atoms with van der Waals surface area (Å²) in [4.78, 5) is 6.79. The molecule has 0 amide bonds. The van der Waals surface area contributed by atoms with Crippen molar-refractivity contribution < 1.29 is 13.9 Å². The number of furan rings is 1. The number of likely N-dealkylation sites (N-methyl/N-ethyl adjacent to an activating group) is 1. The molecule has 1 saturated heterocycles. The third-order valence-electron chi connectivity index (χ3n) is 4.32. The average Bonchev–Trinajstić information content (AvgIpc) is 3.00. The van der Waals surface area contributed by atoms with Gasteiger partial charge in [0.1, 0.15) is 12.4 Å². The number of hydrogen-bond acceptors (Lipinski definition) is 8. The number of hydrazone groups is 1. The van der Waals surface area contributed by atoms with Crippen LogP contribution < -0.4 is 20.4 Å². The van der Waals surface area contributed by atoms with Gasteiger partial charge < -0.3 is 24.1 Å². The molecule has 0 atom stereocenters. The molecule has 0 aromatic carbocycles. The Balaban J connectivity index is 1.74. The summed E-state index contributed by atoms with van der Waals surface area (Å²) < 4.78 is 16.8. The summed E-state index contributed by atoms with van der Waals surface area (Å²) in [5.74, 6) is 2.07. The summed E-state index contributed by atoms with van der Waals surface area (Å²) in [5, 5.41) is 7.31. The summed E-state index contributed by atoms with van der Waals surface area (Å²) in [5.41, 5.74) is 5.76. The second-order valence-electron chi connectivity index (χ2n) is 6.36. The van der Waals surface area contributed by atoms with Crippen LogP contribution in [0.15, 0.2) is 27.7 Å². The number of ether oxygens (including phenoxy) is 2. The van der Waals surface area contributed by atoms with Crippen molar-refractivity contribution in [1.29, 1.82) is 0 Å². The SMILES string of the molecule is CNCCOc1cc(N2CCOCC2)cc(C=NNc2cc(C)c(C)o2)n1. The van der Waals surface area contributed by atoms with Crippen molar-refractivity contribution >= 4 is 17.8 Å². The van der Waals surface area contributed by atoms with Crippen LogP contribution in [-0.4, -0.2) is 57.7 Å². The Bertz CT molecular complexity index is 749. The molecule has 1 aliphatic rings. The second-order valence-corrected chi connectivity index (χ2v) is 6.36. The number of anilines is 2. The average molecular weight is 373 g/mol. The maximum atomic E-state index is 5.77. The molecule has 1 aliphatic heterocycles. The van der Waals surface area contributed by atoms with Crippen molar-refractivity contribution in [3.05, 3.63) is 35.2 Å². The summed E-state index contributed by atoms with van der Waals surface area (Å²) in [6, 6.07) is 5.88. The van der Waals surface area contributed by atoms with Crippen molar-refractivity contribution in [2.24, 2.45) is 5.10 Å². The van der Waals surface area contributed by atoms with Crippen LogP contribution in [0.3, 0.4) is 0 Å². The van der Waals surface area contributed by atoms with Gasteiger partial charge in [-0.25, -0.2) is 10.4 Å². The van der Waals surface area contributed by atoms with Gasteiger partial charge >= 0.3 is 0 Å². The second kappa shape index (κ2) is 9.38. The van der Waals surface area contributed by atoms with Crippen molar-refractivity contribution in [2.75, 3.05) is 56.8 Å². The van der Waals surface area contributed by atoms with Gasteiger partial charge in [-0.15, -0.1) is 0 Å². The van der Waals surface area contributed by atoms with Gasteiger partial charge in [-0.2, -0.15) is 5.10 Å². The highest BCUT2D eigenvalue weighted by Gasteiger charge is 2.14. The predicted octanol–water partition coefficient (Wildman–Crippen LogP) is 2.17. The van der Waals surface area contributed by atoms with Gasteiger partial charge in [0, 0.05) is 37.5 Å². The summed E-state index contributed by atoms with van der Waals surface area (Å²) in [6.45, 7) is 8.37. The number of hydrogen-bond donors (Lipinski definition) is 2. The number of morpholine rings is 1. The first kappa shape index (κ1) is 19.2. The van der Waals surface area contributed by atoms with E-state index in [1.165, 1.54) is 0 Å². The van der Waals surface area contributed by atoms with E-state index in [0.29, 0.717) is 24.1 Å². The number of aromatic nitrogens is 1. The summed E-state index contributed by atoms with van der Waals surface area (Å²) in [7, 11) is 1.89. The fraction of sp³-hybridized carbons (Fsp3) is 0.474. The molecule has 8 nitrogen and oxygen atoms in total. The molecule has 0 saturated carbocycles. The molecule has 2 aromatic rings. The molecule has 0 bridgehead atoms. The molecule has 2 N–H and O–H groups in total. The topological polar surface area (TPSA) is 84.2 Å². The van der Waals surface area contributed by atoms with E-state index in [-0.39, 0.29) is 0 Å². The lowest BCUT2D eigenvalue weighted by atomic mass is 10.2. The summed E-state index contributed by atoms with van der Waals surface area (Å²) in [6.07, 6.45) is 1.67. The minimum Gasteiger partial charge on any atom is -0.476 e. The number of nitrogens with zero attached hydrogens (tertiary/aromatic N) is 3. The van der Waals surface area contributed by atoms with Gasteiger partial charge in [0.2, 0.25) is 11.8 Å². The Labute approximate surface area is 159 Å². The van der Waals surface area contributed by atoms with Gasteiger partial charge in [-0.05, 0) is 32.5 Å². The van der Waals surface area contributed by atoms with E-state index < -0.39 is 0 Å². The quantitative estimate of drug-likeness (QED) is 0.417. The zero-order chi connectivity index (χ0) is 19.1. The molecule has 2 aromatic heterocycles. The van der Waals surface area contributed by atoms with Crippen LogP contribution >= 0.6 is 0 Å². The van der Waals surface area contributed by atoms with Crippen LogP contribution in [0.2, 0.25) is 0 Å². The Morgan fingerprint density at radius 2 is 2.07 bits per heavy atom. The maximum absolute atomic E-state index is 5.77. The highest BCUT2D eigenvalue weighted by Crippen LogP contribution is 2.22. The van der Waals surface area contributed by atoms with E-state index in [0.717, 1.165) is 49.9 Å². The fourth-order valence-electron chi connectivity index (χ4n) is 2.70. The molecular formula is C19H27N5O3. The lowest BCUT2D eigenvalue weighted by Crippen LogP contribution is -2.36. The van der Waals surface area contributed by atoms with Gasteiger partial charge in [-0.3, -0.25) is 0 Å². The first-order chi connectivity index (χ1) is 13.2. The molecule has 1 fully saturated rings. The van der Waals surface area contributed by atoms with Gasteiger partial charge in [0.05, 0.1) is 25.1 Å². The Morgan fingerprint density at radius 1 is 1.26 bits per heavy atom. The molecule has 0 radical (unpaired) electrons. The Morgan fingerprint density at radius 3 is 2.78 bits per heavy atom. The van der Waals surface area contributed by atoms with Crippen LogP contribution in [0.5, 0.6) is 5.88 Å². The standard InChI is InChI=1S/C19H27N5O3/c1-14-10-19(27-15(14)2)23-21-13-16-11-17(24-5-8-25-9-6-24)12-18(22-16)26-7-4-20-3/h10-13,20,23H,4-9H2,1-3H3. The largest absolute Gasteiger partial charge is 0.476 e. The molecule has 3 rings (SSSR count). The normalized spacial score (nSPS) is 14.7. The van der Waals surface area contributed by atoms with E-state index in [4.69, 9.17) is 13.9 Å². The van der Waals surface area contributed by atoms with Crippen LogP contribution in [0.4, 0.5) is 11.6 Å². The first-order valence-electron chi connectivity index (χ1n) is 9.14. The van der Waals surface area contributed by atoms with Crippen molar-refractivity contribution in [1.82, 2.24) is 10.3 Å². The van der Waals surface area contributed by atoms with Crippen LogP contribution in [0.1, 0.15) is 17.0 Å². The lowest BCUT2D eigenvalue weighted by Gasteiger charge is -2.29. The zero-order valence-electron chi connectivity index (χ0n) is 16.1. The molecule has 8 heteroatoms. The third-order valence-corrected chi connectivity index (χ3v) is 4.32. The number of aryl methyl sites for hydroxylation is 2. The first-order valence-corrected chi connectivity index (χ1v) is 9.14. The maximum Gasteiger partial charge on any atom is 0.215 e. The third kappa shape index (κ3) is 5.45. The van der Waals surface area contributed by atoms with E-state index >= 15 is 0 Å². The Kier molecular flexibility index (Phi) is 6.67. The van der Waals surface area contributed by atoms with Crippen LogP contribution in [0, 0.1) is 13.8 Å². The molecule has 0 spiro atoms. The van der Waals surface area contributed by atoms with E-state index in [1.54, 1.807) is 6.21 Å². The molecule has 146 valence electrons. The number of pyridine rings is 1. The van der Waals surface area contributed by atoms with Crippen molar-refractivity contribution in [3.8, 4) is 5.88 Å². The van der Waals surface area contributed by atoms with Gasteiger partial charge in [0.15, 0.2) is 0 Å². The van der Waals surface area contributed by atoms with E-state index in [2.05, 4.69) is 25.7 Å². The zero-order valence-corrected chi connectivity index (χ0v) is 16.1. The van der Waals surface area contributed by atoms with Crippen molar-refractivity contribution in [3.63, 3.8) is 0 Å². The summed E-state index contributed by atoms with van der Waals surface area (Å²) >= 11 is 0. The highest BCUT2D eigenvalue weighted by atomic mass is 16.5. The highest BCUT2D eigenvalue weighted by molar-refractivity contribution is 5.79. The Hall–Kier alpha value is -2.58. The fourth-order valence-corrected chi connectivity index (χ4v) is 2.70. The van der Waals surface area contributed by atoms with Crippen molar-refractivity contribution in [2.45, 2.75) is 13.8 Å². The molecule has 0 unspecified atom stereocenters.